The van der Waals surface area contributed by atoms with E-state index in [-0.39, 0.29) is 27.5 Å². The molecule has 0 radical (unpaired) electrons. The maximum Gasteiger partial charge on any atom is 0.340 e. The molecule has 0 amide bonds. The SMILES string of the molecule is CCS(=O)(=O)c1ccccc1C(=O)O[C@H](C)C(=O)c1[nH]c(C)c(C(=O)OC)c1C. The van der Waals surface area contributed by atoms with E-state index in [2.05, 4.69) is 4.98 Å². The van der Waals surface area contributed by atoms with E-state index in [1.54, 1.807) is 13.8 Å². The number of aromatic amines is 1. The number of carbonyl (C=O) groups excluding carboxylic acids is 3. The molecule has 0 fully saturated rings. The Morgan fingerprint density at radius 1 is 1.10 bits per heavy atom. The number of methoxy groups -OCH3 is 1. The van der Waals surface area contributed by atoms with E-state index in [4.69, 9.17) is 9.47 Å². The van der Waals surface area contributed by atoms with Crippen molar-refractivity contribution in [2.45, 2.75) is 38.7 Å². The molecule has 29 heavy (non-hydrogen) atoms. The maximum atomic E-state index is 12.8. The van der Waals surface area contributed by atoms with Gasteiger partial charge in [-0.1, -0.05) is 19.1 Å². The van der Waals surface area contributed by atoms with Gasteiger partial charge >= 0.3 is 11.9 Å². The van der Waals surface area contributed by atoms with Gasteiger partial charge in [0.05, 0.1) is 34.6 Å². The Hall–Kier alpha value is -2.94. The van der Waals surface area contributed by atoms with Crippen molar-refractivity contribution in [3.8, 4) is 0 Å². The molecule has 9 heteroatoms. The number of hydrogen-bond donors (Lipinski definition) is 1. The molecule has 0 bridgehead atoms. The van der Waals surface area contributed by atoms with E-state index in [1.807, 2.05) is 0 Å². The highest BCUT2D eigenvalue weighted by atomic mass is 32.2. The van der Waals surface area contributed by atoms with Crippen LogP contribution < -0.4 is 0 Å². The molecule has 1 aromatic carbocycles. The van der Waals surface area contributed by atoms with Crippen molar-refractivity contribution in [1.29, 1.82) is 0 Å². The molecule has 1 heterocycles. The molecule has 8 nitrogen and oxygen atoms in total. The van der Waals surface area contributed by atoms with E-state index < -0.39 is 33.7 Å². The molecule has 1 aromatic heterocycles. The number of esters is 2. The Balaban J connectivity index is 2.31. The first-order chi connectivity index (χ1) is 13.5. The number of aryl methyl sites for hydroxylation is 1. The number of H-pyrrole nitrogens is 1. The highest BCUT2D eigenvalue weighted by molar-refractivity contribution is 7.91. The molecule has 2 aromatic rings. The fourth-order valence-corrected chi connectivity index (χ4v) is 4.03. The van der Waals surface area contributed by atoms with Crippen molar-refractivity contribution in [3.05, 3.63) is 52.3 Å². The zero-order valence-corrected chi connectivity index (χ0v) is 17.7. The zero-order valence-electron chi connectivity index (χ0n) is 16.9. The van der Waals surface area contributed by atoms with Crippen molar-refractivity contribution in [2.24, 2.45) is 0 Å². The minimum absolute atomic E-state index is 0.123. The van der Waals surface area contributed by atoms with Crippen LogP contribution in [0.4, 0.5) is 0 Å². The number of ether oxygens (including phenoxy) is 2. The first-order valence-electron chi connectivity index (χ1n) is 8.89. The van der Waals surface area contributed by atoms with Gasteiger partial charge in [-0.2, -0.15) is 0 Å². The lowest BCUT2D eigenvalue weighted by molar-refractivity contribution is 0.0313. The molecule has 0 aliphatic heterocycles. The lowest BCUT2D eigenvalue weighted by atomic mass is 10.1. The Morgan fingerprint density at radius 2 is 1.72 bits per heavy atom. The summed E-state index contributed by atoms with van der Waals surface area (Å²) in [6.07, 6.45) is -1.21. The van der Waals surface area contributed by atoms with Crippen LogP contribution in [0, 0.1) is 13.8 Å². The molecule has 0 saturated carbocycles. The summed E-state index contributed by atoms with van der Waals surface area (Å²) in [5.74, 6) is -2.24. The molecular weight excluding hydrogens is 398 g/mol. The number of Topliss-reactive ketones (excluding diaryl/α,β-unsaturated/α-hetero) is 1. The number of benzene rings is 1. The molecule has 0 unspecified atom stereocenters. The van der Waals surface area contributed by atoms with Crippen molar-refractivity contribution in [3.63, 3.8) is 0 Å². The Kier molecular flexibility index (Phi) is 6.63. The van der Waals surface area contributed by atoms with Crippen molar-refractivity contribution in [2.75, 3.05) is 12.9 Å². The standard InChI is InChI=1S/C20H23NO7S/c1-6-29(25,26)15-10-8-7-9-14(15)19(23)28-13(4)18(22)17-11(2)16(12(3)21-17)20(24)27-5/h7-10,13,21H,6H2,1-5H3/t13-/m1/s1. The monoisotopic (exact) mass is 421 g/mol. The lowest BCUT2D eigenvalue weighted by Gasteiger charge is -2.14. The average molecular weight is 421 g/mol. The van der Waals surface area contributed by atoms with E-state index in [0.717, 1.165) is 0 Å². The van der Waals surface area contributed by atoms with Gasteiger partial charge in [-0.05, 0) is 38.5 Å². The second-order valence-corrected chi connectivity index (χ2v) is 8.67. The number of nitrogens with one attached hydrogen (secondary N) is 1. The third-order valence-electron chi connectivity index (χ3n) is 4.55. The number of aromatic nitrogens is 1. The number of hydrogen-bond acceptors (Lipinski definition) is 7. The predicted molar refractivity (Wildman–Crippen MR) is 105 cm³/mol. The minimum Gasteiger partial charge on any atom is -0.465 e. The summed E-state index contributed by atoms with van der Waals surface area (Å²) in [4.78, 5) is 39.9. The smallest absolute Gasteiger partial charge is 0.340 e. The Bertz CT molecular complexity index is 1070. The van der Waals surface area contributed by atoms with Crippen LogP contribution in [0.2, 0.25) is 0 Å². The van der Waals surface area contributed by atoms with Crippen molar-refractivity contribution in [1.82, 2.24) is 4.98 Å². The summed E-state index contributed by atoms with van der Waals surface area (Å²) >= 11 is 0. The second-order valence-electron chi connectivity index (χ2n) is 6.43. The van der Waals surface area contributed by atoms with Gasteiger partial charge in [-0.15, -0.1) is 0 Å². The quantitative estimate of drug-likeness (QED) is 0.539. The number of rotatable bonds is 7. The van der Waals surface area contributed by atoms with Gasteiger partial charge < -0.3 is 14.5 Å². The molecule has 1 N–H and O–H groups in total. The largest absolute Gasteiger partial charge is 0.465 e. The van der Waals surface area contributed by atoms with Crippen LogP contribution in [-0.4, -0.2) is 50.1 Å². The van der Waals surface area contributed by atoms with Crippen molar-refractivity contribution < 1.29 is 32.3 Å². The van der Waals surface area contributed by atoms with Gasteiger partial charge in [-0.25, -0.2) is 18.0 Å². The zero-order chi connectivity index (χ0) is 21.9. The summed E-state index contributed by atoms with van der Waals surface area (Å²) < 4.78 is 34.4. The predicted octanol–water partition coefficient (Wildman–Crippen LogP) is 2.64. The molecule has 156 valence electrons. The molecule has 2 rings (SSSR count). The van der Waals surface area contributed by atoms with E-state index >= 15 is 0 Å². The summed E-state index contributed by atoms with van der Waals surface area (Å²) in [5, 5.41) is 0. The first-order valence-corrected chi connectivity index (χ1v) is 10.5. The highest BCUT2D eigenvalue weighted by Crippen LogP contribution is 2.22. The normalized spacial score (nSPS) is 12.3. The average Bonchev–Trinajstić information content (AvgIpc) is 3.00. The van der Waals surface area contributed by atoms with Crippen LogP contribution in [0.25, 0.3) is 0 Å². The van der Waals surface area contributed by atoms with Gasteiger partial charge in [0.25, 0.3) is 0 Å². The second kappa shape index (κ2) is 8.60. The lowest BCUT2D eigenvalue weighted by Crippen LogP contribution is -2.26. The van der Waals surface area contributed by atoms with E-state index in [1.165, 1.54) is 45.2 Å². The van der Waals surface area contributed by atoms with Gasteiger partial charge in [0, 0.05) is 5.69 Å². The fourth-order valence-electron chi connectivity index (χ4n) is 2.95. The third-order valence-corrected chi connectivity index (χ3v) is 6.33. The maximum absolute atomic E-state index is 12.8. The molecule has 0 saturated heterocycles. The molecular formula is C20H23NO7S. The van der Waals surface area contributed by atoms with Gasteiger partial charge in [0.1, 0.15) is 0 Å². The fraction of sp³-hybridized carbons (Fsp3) is 0.350. The molecule has 0 spiro atoms. The number of sulfone groups is 1. The highest BCUT2D eigenvalue weighted by Gasteiger charge is 2.29. The van der Waals surface area contributed by atoms with Crippen LogP contribution in [0.5, 0.6) is 0 Å². The summed E-state index contributed by atoms with van der Waals surface area (Å²) in [6.45, 7) is 6.06. The summed E-state index contributed by atoms with van der Waals surface area (Å²) in [5.41, 5.74) is 1.07. The molecule has 0 aliphatic rings. The molecule has 0 aliphatic carbocycles. The topological polar surface area (TPSA) is 120 Å². The van der Waals surface area contributed by atoms with Crippen LogP contribution in [0.3, 0.4) is 0 Å². The van der Waals surface area contributed by atoms with Crippen LogP contribution in [0.1, 0.15) is 56.3 Å². The van der Waals surface area contributed by atoms with Crippen LogP contribution in [-0.2, 0) is 19.3 Å². The first kappa shape index (κ1) is 22.4. The summed E-state index contributed by atoms with van der Waals surface area (Å²) in [7, 11) is -2.41. The molecule has 1 atom stereocenters. The van der Waals surface area contributed by atoms with Crippen molar-refractivity contribution >= 4 is 27.6 Å². The van der Waals surface area contributed by atoms with Gasteiger partial charge in [0.2, 0.25) is 5.78 Å². The minimum atomic E-state index is -3.65. The number of ketones is 1. The Morgan fingerprint density at radius 3 is 2.31 bits per heavy atom. The Labute approximate surface area is 169 Å². The van der Waals surface area contributed by atoms with E-state index in [0.29, 0.717) is 11.3 Å². The van der Waals surface area contributed by atoms with E-state index in [9.17, 15) is 22.8 Å². The van der Waals surface area contributed by atoms with Gasteiger partial charge in [0.15, 0.2) is 15.9 Å². The van der Waals surface area contributed by atoms with Crippen LogP contribution in [0.15, 0.2) is 29.2 Å². The summed E-state index contributed by atoms with van der Waals surface area (Å²) in [6, 6.07) is 5.68. The number of carbonyl (C=O) groups is 3. The van der Waals surface area contributed by atoms with Gasteiger partial charge in [-0.3, -0.25) is 4.79 Å². The van der Waals surface area contributed by atoms with Crippen LogP contribution >= 0.6 is 0 Å². The third kappa shape index (κ3) is 4.40.